The van der Waals surface area contributed by atoms with Gasteiger partial charge in [0.2, 0.25) is 0 Å². The van der Waals surface area contributed by atoms with Crippen LogP contribution < -0.4 is 10.6 Å². The van der Waals surface area contributed by atoms with Gasteiger partial charge in [0.1, 0.15) is 17.3 Å². The molecule has 1 aliphatic carbocycles. The molecule has 0 bridgehead atoms. The molecule has 2 atom stereocenters. The van der Waals surface area contributed by atoms with Crippen molar-refractivity contribution in [3.05, 3.63) is 81.8 Å². The highest BCUT2D eigenvalue weighted by molar-refractivity contribution is 7.22. The lowest BCUT2D eigenvalue weighted by molar-refractivity contribution is -0.132. The molecule has 3 aliphatic heterocycles. The van der Waals surface area contributed by atoms with Crippen LogP contribution in [0.15, 0.2) is 86.8 Å². The first-order valence-corrected chi connectivity index (χ1v) is 12.1. The number of carboxylic acids is 1. The molecule has 0 amide bonds. The molecule has 0 radical (unpaired) electrons. The largest absolute Gasteiger partial charge is 0.478 e. The zero-order valence-corrected chi connectivity index (χ0v) is 21.1. The van der Waals surface area contributed by atoms with Gasteiger partial charge in [-0.2, -0.15) is 0 Å². The lowest BCUT2D eigenvalue weighted by atomic mass is 9.84. The SMILES string of the molecule is C=C1C=C(N2CCC(C)(F)CC2)N=C(/C(=C\C(C)=C/C)C2NC3=C2CC=C(P)C=C3C(=O)O)N1. The van der Waals surface area contributed by atoms with E-state index in [0.29, 0.717) is 49.6 Å². The summed E-state index contributed by atoms with van der Waals surface area (Å²) in [5, 5.41) is 17.3. The number of nitrogens with one attached hydrogen (secondary N) is 2. The molecule has 1 saturated heterocycles. The fraction of sp³-hybridized carbons (Fsp3) is 0.385. The maximum atomic E-state index is 14.3. The van der Waals surface area contributed by atoms with Crippen LogP contribution in [0.5, 0.6) is 0 Å². The summed E-state index contributed by atoms with van der Waals surface area (Å²) < 4.78 is 14.3. The van der Waals surface area contributed by atoms with Gasteiger partial charge in [-0.15, -0.1) is 9.24 Å². The van der Waals surface area contributed by atoms with E-state index in [0.717, 1.165) is 27.9 Å². The molecule has 4 aliphatic rings. The van der Waals surface area contributed by atoms with Crippen molar-refractivity contribution in [3.63, 3.8) is 0 Å². The highest BCUT2D eigenvalue weighted by atomic mass is 31.0. The molecule has 0 aromatic carbocycles. The van der Waals surface area contributed by atoms with Gasteiger partial charge in [0.05, 0.1) is 17.3 Å². The van der Waals surface area contributed by atoms with Crippen LogP contribution in [0.3, 0.4) is 0 Å². The number of allylic oxidation sites excluding steroid dienone is 7. The average molecular weight is 483 g/mol. The molecular weight excluding hydrogens is 450 g/mol. The zero-order chi connectivity index (χ0) is 24.6. The molecule has 4 rings (SSSR count). The Hall–Kier alpha value is -2.92. The minimum absolute atomic E-state index is 0.186. The number of amidine groups is 1. The molecule has 0 aromatic heterocycles. The molecule has 1 fully saturated rings. The molecule has 3 N–H and O–H groups in total. The predicted molar refractivity (Wildman–Crippen MR) is 138 cm³/mol. The van der Waals surface area contributed by atoms with Crippen LogP contribution in [-0.4, -0.2) is 46.6 Å². The molecular formula is C26H32FN4O2P. The highest BCUT2D eigenvalue weighted by Crippen LogP contribution is 2.38. The number of alkyl halides is 1. The maximum Gasteiger partial charge on any atom is 0.337 e. The first-order chi connectivity index (χ1) is 16.1. The fourth-order valence-electron chi connectivity index (χ4n) is 4.46. The summed E-state index contributed by atoms with van der Waals surface area (Å²) in [6.07, 6.45) is 11.2. The van der Waals surface area contributed by atoms with Crippen molar-refractivity contribution in [1.82, 2.24) is 15.5 Å². The van der Waals surface area contributed by atoms with Gasteiger partial charge < -0.3 is 20.6 Å². The van der Waals surface area contributed by atoms with Gasteiger partial charge in [0.25, 0.3) is 0 Å². The van der Waals surface area contributed by atoms with Gasteiger partial charge in [0, 0.05) is 30.4 Å². The molecule has 2 unspecified atom stereocenters. The molecule has 34 heavy (non-hydrogen) atoms. The van der Waals surface area contributed by atoms with Crippen molar-refractivity contribution >= 4 is 21.0 Å². The number of carboxylic acid groups (broad SMARTS) is 1. The topological polar surface area (TPSA) is 77.0 Å². The van der Waals surface area contributed by atoms with E-state index in [-0.39, 0.29) is 11.6 Å². The molecule has 6 nitrogen and oxygen atoms in total. The number of halogens is 1. The zero-order valence-electron chi connectivity index (χ0n) is 19.9. The summed E-state index contributed by atoms with van der Waals surface area (Å²) in [6.45, 7) is 11.0. The van der Waals surface area contributed by atoms with Gasteiger partial charge in [-0.25, -0.2) is 14.2 Å². The van der Waals surface area contributed by atoms with E-state index in [4.69, 9.17) is 4.99 Å². The second-order valence-corrected chi connectivity index (χ2v) is 10.1. The van der Waals surface area contributed by atoms with Crippen LogP contribution in [0.4, 0.5) is 4.39 Å². The van der Waals surface area contributed by atoms with Crippen LogP contribution >= 0.6 is 9.24 Å². The number of hydrogen-bond donors (Lipinski definition) is 3. The third-order valence-corrected chi connectivity index (χ3v) is 7.09. The molecule has 180 valence electrons. The predicted octanol–water partition coefficient (Wildman–Crippen LogP) is 4.46. The lowest BCUT2D eigenvalue weighted by Gasteiger charge is -2.39. The normalized spacial score (nSPS) is 25.0. The summed E-state index contributed by atoms with van der Waals surface area (Å²) in [6, 6.07) is -0.186. The minimum Gasteiger partial charge on any atom is -0.478 e. The van der Waals surface area contributed by atoms with Crippen molar-refractivity contribution in [2.45, 2.75) is 51.7 Å². The summed E-state index contributed by atoms with van der Waals surface area (Å²) in [5.41, 5.74) is 3.49. The Kier molecular flexibility index (Phi) is 6.68. The molecule has 0 saturated carbocycles. The van der Waals surface area contributed by atoms with E-state index in [1.807, 2.05) is 32.1 Å². The van der Waals surface area contributed by atoms with Crippen molar-refractivity contribution in [1.29, 1.82) is 0 Å². The van der Waals surface area contributed by atoms with E-state index >= 15 is 0 Å². The van der Waals surface area contributed by atoms with Crippen molar-refractivity contribution in [2.24, 2.45) is 4.99 Å². The molecule has 0 spiro atoms. The van der Waals surface area contributed by atoms with Crippen LogP contribution in [0.1, 0.15) is 40.0 Å². The number of aliphatic imine (C=N–C) groups is 1. The second kappa shape index (κ2) is 9.38. The number of likely N-dealkylation sites (tertiary alicyclic amines) is 1. The Morgan fingerprint density at radius 1 is 1.38 bits per heavy atom. The number of aliphatic carboxylic acids is 1. The minimum atomic E-state index is -1.14. The highest BCUT2D eigenvalue weighted by Gasteiger charge is 2.38. The van der Waals surface area contributed by atoms with Crippen molar-refractivity contribution in [3.8, 4) is 0 Å². The number of rotatable bonds is 5. The maximum absolute atomic E-state index is 14.3. The van der Waals surface area contributed by atoms with Gasteiger partial charge in [0.15, 0.2) is 0 Å². The molecule has 3 heterocycles. The van der Waals surface area contributed by atoms with Gasteiger partial charge in [-0.05, 0) is 57.0 Å². The number of carbonyl (C=O) groups is 1. The number of hydrogen-bond acceptors (Lipinski definition) is 5. The van der Waals surface area contributed by atoms with Crippen molar-refractivity contribution < 1.29 is 14.3 Å². The summed E-state index contributed by atoms with van der Waals surface area (Å²) in [7, 11) is 2.59. The lowest BCUT2D eigenvalue weighted by Crippen LogP contribution is -2.49. The van der Waals surface area contributed by atoms with E-state index in [2.05, 4.69) is 37.4 Å². The van der Waals surface area contributed by atoms with Crippen molar-refractivity contribution in [2.75, 3.05) is 13.1 Å². The number of nitrogens with zero attached hydrogens (tertiary/aromatic N) is 2. The number of piperidine rings is 1. The van der Waals surface area contributed by atoms with Gasteiger partial charge in [-0.1, -0.05) is 30.4 Å². The molecule has 0 aromatic rings. The third kappa shape index (κ3) is 4.95. The Bertz CT molecular complexity index is 1140. The van der Waals surface area contributed by atoms with Crippen LogP contribution in [0.2, 0.25) is 0 Å². The Morgan fingerprint density at radius 3 is 2.74 bits per heavy atom. The quantitative estimate of drug-likeness (QED) is 0.399. The first-order valence-electron chi connectivity index (χ1n) is 11.5. The fourth-order valence-corrected chi connectivity index (χ4v) is 4.74. The summed E-state index contributed by atoms with van der Waals surface area (Å²) in [5.74, 6) is 0.480. The second-order valence-electron chi connectivity index (χ2n) is 9.39. The molecule has 8 heteroatoms. The van der Waals surface area contributed by atoms with Crippen LogP contribution in [0, 0.1) is 0 Å². The monoisotopic (exact) mass is 482 g/mol. The standard InChI is InChI=1S/C26H32FN4O2P/c1-5-15(2)12-19(22-18-7-6-17(34)14-20(25(32)33)23(18)30-22)24-28-16(3)13-21(29-24)31-10-8-26(4,27)9-11-31/h5-6,12-14,22,30H,3,7-11,34H2,1-2,4H3,(H,28,29)(H,32,33)/b15-5-,19-12-. The Labute approximate surface area is 202 Å². The third-order valence-electron chi connectivity index (χ3n) is 6.69. The Balaban J connectivity index is 1.69. The van der Waals surface area contributed by atoms with E-state index in [9.17, 15) is 14.3 Å². The summed E-state index contributed by atoms with van der Waals surface area (Å²) in [4.78, 5) is 18.9. The smallest absolute Gasteiger partial charge is 0.337 e. The Morgan fingerprint density at radius 2 is 2.09 bits per heavy atom. The van der Waals surface area contributed by atoms with E-state index in [1.54, 1.807) is 13.0 Å². The average Bonchev–Trinajstić information content (AvgIpc) is 2.88. The first kappa shape index (κ1) is 24.2. The van der Waals surface area contributed by atoms with E-state index < -0.39 is 11.6 Å². The van der Waals surface area contributed by atoms with Crippen LogP contribution in [0.25, 0.3) is 0 Å². The van der Waals surface area contributed by atoms with Crippen LogP contribution in [-0.2, 0) is 4.79 Å². The van der Waals surface area contributed by atoms with E-state index in [1.165, 1.54) is 0 Å². The van der Waals surface area contributed by atoms with Gasteiger partial charge >= 0.3 is 5.97 Å². The van der Waals surface area contributed by atoms with Gasteiger partial charge in [-0.3, -0.25) is 0 Å². The summed E-state index contributed by atoms with van der Waals surface area (Å²) >= 11 is 0.